The lowest BCUT2D eigenvalue weighted by molar-refractivity contribution is 0.0366. The fourth-order valence-electron chi connectivity index (χ4n) is 3.77. The lowest BCUT2D eigenvalue weighted by Crippen LogP contribution is -2.38. The first-order chi connectivity index (χ1) is 15.3. The molecule has 31 heavy (non-hydrogen) atoms. The number of ether oxygens (including phenoxy) is 1. The zero-order valence-corrected chi connectivity index (χ0v) is 17.1. The number of benzene rings is 1. The Hall–Kier alpha value is -3.43. The van der Waals surface area contributed by atoms with Gasteiger partial charge in [0, 0.05) is 38.6 Å². The summed E-state index contributed by atoms with van der Waals surface area (Å²) in [6.45, 7) is 5.40. The SMILES string of the molecule is O=C(Nc1nc2ccccc2n1CCN1CCOCC1)c1ccc(Cn2cccn2)o1. The molecule has 0 atom stereocenters. The second-order valence-electron chi connectivity index (χ2n) is 7.45. The molecule has 3 aromatic heterocycles. The van der Waals surface area contributed by atoms with E-state index in [2.05, 4.69) is 24.9 Å². The Morgan fingerprint density at radius 1 is 1.06 bits per heavy atom. The molecule has 1 N–H and O–H groups in total. The van der Waals surface area contributed by atoms with E-state index in [-0.39, 0.29) is 11.7 Å². The number of morpholine rings is 1. The van der Waals surface area contributed by atoms with Gasteiger partial charge in [0.2, 0.25) is 5.95 Å². The maximum absolute atomic E-state index is 12.9. The van der Waals surface area contributed by atoms with Gasteiger partial charge in [-0.2, -0.15) is 5.10 Å². The van der Waals surface area contributed by atoms with E-state index in [4.69, 9.17) is 9.15 Å². The predicted octanol–water partition coefficient (Wildman–Crippen LogP) is 2.46. The van der Waals surface area contributed by atoms with E-state index >= 15 is 0 Å². The number of hydrogen-bond donors (Lipinski definition) is 1. The quantitative estimate of drug-likeness (QED) is 0.494. The summed E-state index contributed by atoms with van der Waals surface area (Å²) in [5.41, 5.74) is 1.84. The number of aromatic nitrogens is 4. The minimum atomic E-state index is -0.324. The van der Waals surface area contributed by atoms with Crippen molar-refractivity contribution in [1.29, 1.82) is 0 Å². The molecule has 9 heteroatoms. The zero-order chi connectivity index (χ0) is 21.0. The van der Waals surface area contributed by atoms with Crippen molar-refractivity contribution < 1.29 is 13.9 Å². The average Bonchev–Trinajstić information content (AvgIpc) is 3.54. The highest BCUT2D eigenvalue weighted by atomic mass is 16.5. The van der Waals surface area contributed by atoms with E-state index in [1.807, 2.05) is 36.5 Å². The largest absolute Gasteiger partial charge is 0.454 e. The molecule has 5 rings (SSSR count). The Kier molecular flexibility index (Phi) is 5.51. The van der Waals surface area contributed by atoms with Gasteiger partial charge in [-0.25, -0.2) is 4.98 Å². The number of fused-ring (bicyclic) bond motifs is 1. The van der Waals surface area contributed by atoms with Crippen LogP contribution in [0.3, 0.4) is 0 Å². The van der Waals surface area contributed by atoms with Crippen LogP contribution in [0.2, 0.25) is 0 Å². The molecule has 1 aromatic carbocycles. The Balaban J connectivity index is 1.33. The first-order valence-corrected chi connectivity index (χ1v) is 10.4. The highest BCUT2D eigenvalue weighted by Gasteiger charge is 2.18. The molecule has 0 spiro atoms. The van der Waals surface area contributed by atoms with Crippen molar-refractivity contribution in [3.8, 4) is 0 Å². The second kappa shape index (κ2) is 8.75. The number of para-hydroxylation sites is 2. The lowest BCUT2D eigenvalue weighted by Gasteiger charge is -2.26. The summed E-state index contributed by atoms with van der Waals surface area (Å²) in [7, 11) is 0. The number of furan rings is 1. The summed E-state index contributed by atoms with van der Waals surface area (Å²) < 4.78 is 15.0. The highest BCUT2D eigenvalue weighted by molar-refractivity contribution is 6.02. The van der Waals surface area contributed by atoms with Crippen LogP contribution in [0.25, 0.3) is 11.0 Å². The molecule has 1 aliphatic rings. The molecule has 0 radical (unpaired) electrons. The monoisotopic (exact) mass is 420 g/mol. The summed E-state index contributed by atoms with van der Waals surface area (Å²) in [5.74, 6) is 1.10. The van der Waals surface area contributed by atoms with Gasteiger partial charge in [-0.15, -0.1) is 0 Å². The topological polar surface area (TPSA) is 90.3 Å². The third kappa shape index (κ3) is 4.37. The van der Waals surface area contributed by atoms with Crippen LogP contribution >= 0.6 is 0 Å². The molecule has 1 saturated heterocycles. The normalized spacial score (nSPS) is 14.8. The minimum Gasteiger partial charge on any atom is -0.454 e. The van der Waals surface area contributed by atoms with E-state index in [0.717, 1.165) is 50.4 Å². The molecule has 0 bridgehead atoms. The molecule has 4 heterocycles. The Morgan fingerprint density at radius 2 is 1.94 bits per heavy atom. The van der Waals surface area contributed by atoms with Gasteiger partial charge in [-0.3, -0.25) is 19.7 Å². The number of amides is 1. The molecule has 0 aliphatic carbocycles. The number of hydrogen-bond acceptors (Lipinski definition) is 6. The van der Waals surface area contributed by atoms with E-state index in [1.165, 1.54) is 0 Å². The number of rotatable bonds is 7. The van der Waals surface area contributed by atoms with Gasteiger partial charge in [0.15, 0.2) is 5.76 Å². The molecule has 1 aliphatic heterocycles. The number of carbonyl (C=O) groups is 1. The summed E-state index contributed by atoms with van der Waals surface area (Å²) in [6.07, 6.45) is 3.55. The van der Waals surface area contributed by atoms with Crippen molar-refractivity contribution in [1.82, 2.24) is 24.2 Å². The Labute approximate surface area is 179 Å². The van der Waals surface area contributed by atoms with Crippen LogP contribution in [0.4, 0.5) is 5.95 Å². The second-order valence-corrected chi connectivity index (χ2v) is 7.45. The molecule has 4 aromatic rings. The molecule has 160 valence electrons. The van der Waals surface area contributed by atoms with Crippen LogP contribution < -0.4 is 5.32 Å². The first kappa shape index (κ1) is 19.5. The van der Waals surface area contributed by atoms with E-state index in [0.29, 0.717) is 18.3 Å². The number of nitrogens with one attached hydrogen (secondary N) is 1. The van der Waals surface area contributed by atoms with Crippen molar-refractivity contribution in [3.63, 3.8) is 0 Å². The predicted molar refractivity (Wildman–Crippen MR) is 115 cm³/mol. The van der Waals surface area contributed by atoms with E-state index in [9.17, 15) is 4.79 Å². The van der Waals surface area contributed by atoms with Crippen molar-refractivity contribution >= 4 is 22.9 Å². The van der Waals surface area contributed by atoms with Crippen molar-refractivity contribution in [2.75, 3.05) is 38.2 Å². The van der Waals surface area contributed by atoms with Gasteiger partial charge >= 0.3 is 0 Å². The van der Waals surface area contributed by atoms with E-state index < -0.39 is 0 Å². The summed E-state index contributed by atoms with van der Waals surface area (Å²) in [4.78, 5) is 19.9. The summed E-state index contributed by atoms with van der Waals surface area (Å²) in [5, 5.41) is 7.09. The number of carbonyl (C=O) groups excluding carboxylic acids is 1. The van der Waals surface area contributed by atoms with Crippen LogP contribution in [0.5, 0.6) is 0 Å². The fraction of sp³-hybridized carbons (Fsp3) is 0.318. The smallest absolute Gasteiger partial charge is 0.293 e. The number of anilines is 1. The van der Waals surface area contributed by atoms with Gasteiger partial charge in [0.1, 0.15) is 5.76 Å². The Bertz CT molecular complexity index is 1160. The number of imidazole rings is 1. The Morgan fingerprint density at radius 3 is 2.77 bits per heavy atom. The number of nitrogens with zero attached hydrogens (tertiary/aromatic N) is 5. The van der Waals surface area contributed by atoms with Gasteiger partial charge in [0.05, 0.1) is 30.8 Å². The minimum absolute atomic E-state index is 0.244. The third-order valence-electron chi connectivity index (χ3n) is 5.39. The fourth-order valence-corrected chi connectivity index (χ4v) is 3.77. The molecular formula is C22H24N6O3. The third-order valence-corrected chi connectivity index (χ3v) is 5.39. The van der Waals surface area contributed by atoms with E-state index in [1.54, 1.807) is 23.0 Å². The van der Waals surface area contributed by atoms with Gasteiger partial charge < -0.3 is 13.7 Å². The van der Waals surface area contributed by atoms with Crippen molar-refractivity contribution in [2.24, 2.45) is 0 Å². The van der Waals surface area contributed by atoms with Crippen LogP contribution in [0.1, 0.15) is 16.3 Å². The van der Waals surface area contributed by atoms with Gasteiger partial charge in [-0.1, -0.05) is 12.1 Å². The first-order valence-electron chi connectivity index (χ1n) is 10.4. The van der Waals surface area contributed by atoms with Crippen LogP contribution in [0.15, 0.2) is 59.3 Å². The molecular weight excluding hydrogens is 396 g/mol. The maximum Gasteiger partial charge on any atom is 0.293 e. The van der Waals surface area contributed by atoms with Crippen LogP contribution in [0, 0.1) is 0 Å². The maximum atomic E-state index is 12.9. The zero-order valence-electron chi connectivity index (χ0n) is 17.1. The summed E-state index contributed by atoms with van der Waals surface area (Å²) in [6, 6.07) is 13.2. The van der Waals surface area contributed by atoms with Crippen LogP contribution in [-0.2, 0) is 17.8 Å². The van der Waals surface area contributed by atoms with Gasteiger partial charge in [-0.05, 0) is 30.3 Å². The molecule has 1 amide bonds. The molecule has 0 saturated carbocycles. The average molecular weight is 420 g/mol. The standard InChI is InChI=1S/C22H24N6O3/c29-21(20-7-6-17(31-20)16-27-9-3-8-23-27)25-22-24-18-4-1-2-5-19(18)28(22)11-10-26-12-14-30-15-13-26/h1-9H,10-16H2,(H,24,25,29). The highest BCUT2D eigenvalue weighted by Crippen LogP contribution is 2.21. The van der Waals surface area contributed by atoms with Crippen molar-refractivity contribution in [3.05, 3.63) is 66.4 Å². The van der Waals surface area contributed by atoms with Crippen molar-refractivity contribution in [2.45, 2.75) is 13.1 Å². The van der Waals surface area contributed by atoms with Gasteiger partial charge in [0.25, 0.3) is 5.91 Å². The molecule has 1 fully saturated rings. The molecule has 9 nitrogen and oxygen atoms in total. The van der Waals surface area contributed by atoms with Crippen LogP contribution in [-0.4, -0.2) is 63.0 Å². The lowest BCUT2D eigenvalue weighted by atomic mass is 10.3. The molecule has 0 unspecified atom stereocenters. The summed E-state index contributed by atoms with van der Waals surface area (Å²) >= 11 is 0.